The molecule has 1 spiro atoms. The summed E-state index contributed by atoms with van der Waals surface area (Å²) in [6.45, 7) is 16.4. The summed E-state index contributed by atoms with van der Waals surface area (Å²) in [5.74, 6) is -1.61. The molecule has 2 bridgehead atoms. The predicted molar refractivity (Wildman–Crippen MR) is 156 cm³/mol. The smallest absolute Gasteiger partial charge is 0.310 e. The zero-order valence-electron chi connectivity index (χ0n) is 24.2. The summed E-state index contributed by atoms with van der Waals surface area (Å²) in [6.07, 6.45) is 7.01. The van der Waals surface area contributed by atoms with Gasteiger partial charge in [0.15, 0.2) is 0 Å². The molecule has 4 heterocycles. The Bertz CT molecular complexity index is 940. The number of thioether (sulfide) groups is 1. The number of esters is 1. The molecule has 2 amide bonds. The highest BCUT2D eigenvalue weighted by atomic mass is 32.2. The van der Waals surface area contributed by atoms with Gasteiger partial charge >= 0.3 is 5.97 Å². The van der Waals surface area contributed by atoms with Crippen LogP contribution in [0.4, 0.5) is 0 Å². The molecule has 0 radical (unpaired) electrons. The molecule has 9 nitrogen and oxygen atoms in total. The van der Waals surface area contributed by atoms with Gasteiger partial charge in [-0.25, -0.2) is 0 Å². The van der Waals surface area contributed by atoms with Gasteiger partial charge in [0.05, 0.1) is 49.1 Å². The molecule has 0 aromatic heterocycles. The quantitative estimate of drug-likeness (QED) is 0.180. The summed E-state index contributed by atoms with van der Waals surface area (Å²) in [4.78, 5) is 48.0. The van der Waals surface area contributed by atoms with E-state index >= 15 is 0 Å². The lowest BCUT2D eigenvalue weighted by Gasteiger charge is -2.40. The van der Waals surface area contributed by atoms with Crippen LogP contribution in [-0.4, -0.2) is 119 Å². The van der Waals surface area contributed by atoms with E-state index in [-0.39, 0.29) is 35.6 Å². The SMILES string of the molecule is C=CCCCOC(=O)[C@@H]1[C@@H]2CCC3(S2)C(C(=O)N(CC=C)CCN2CCOCC2)N([C@@H](CO)CC(C)C)C(=O)[C@H]13. The molecule has 0 aromatic carbocycles. The van der Waals surface area contributed by atoms with Crippen molar-refractivity contribution in [2.75, 3.05) is 59.2 Å². The number of hydrogen-bond acceptors (Lipinski definition) is 8. The summed E-state index contributed by atoms with van der Waals surface area (Å²) >= 11 is 1.64. The number of aliphatic hydroxyl groups excluding tert-OH is 1. The van der Waals surface area contributed by atoms with E-state index in [1.54, 1.807) is 28.8 Å². The maximum Gasteiger partial charge on any atom is 0.310 e. The first-order valence-electron chi connectivity index (χ1n) is 14.9. The van der Waals surface area contributed by atoms with E-state index in [0.29, 0.717) is 58.7 Å². The summed E-state index contributed by atoms with van der Waals surface area (Å²) in [5.41, 5.74) is 0. The molecule has 4 rings (SSSR count). The lowest BCUT2D eigenvalue weighted by Crippen LogP contribution is -2.58. The Morgan fingerprint density at radius 1 is 1.27 bits per heavy atom. The fourth-order valence-corrected chi connectivity index (χ4v) is 9.24. The number of aliphatic hydroxyl groups is 1. The molecule has 6 atom stereocenters. The molecule has 4 aliphatic heterocycles. The third-order valence-corrected chi connectivity index (χ3v) is 10.8. The van der Waals surface area contributed by atoms with Crippen LogP contribution in [0.5, 0.6) is 0 Å². The number of carbonyl (C=O) groups is 3. The summed E-state index contributed by atoms with van der Waals surface area (Å²) in [5, 5.41) is 10.4. The van der Waals surface area contributed by atoms with E-state index in [1.807, 2.05) is 4.90 Å². The van der Waals surface area contributed by atoms with Gasteiger partial charge < -0.3 is 24.4 Å². The zero-order valence-corrected chi connectivity index (χ0v) is 25.0. The van der Waals surface area contributed by atoms with Crippen LogP contribution in [0.1, 0.15) is 46.0 Å². The van der Waals surface area contributed by atoms with Gasteiger partial charge in [0.2, 0.25) is 11.8 Å². The molecular formula is C30H47N3O6S. The maximum atomic E-state index is 14.5. The number of ether oxygens (including phenoxy) is 2. The third kappa shape index (κ3) is 6.15. The van der Waals surface area contributed by atoms with Crippen molar-refractivity contribution in [3.63, 3.8) is 0 Å². The van der Waals surface area contributed by atoms with E-state index in [2.05, 4.69) is 31.9 Å². The number of rotatable bonds is 15. The second kappa shape index (κ2) is 13.9. The maximum absolute atomic E-state index is 14.5. The van der Waals surface area contributed by atoms with Crippen molar-refractivity contribution < 1.29 is 29.0 Å². The molecule has 4 saturated heterocycles. The molecule has 0 saturated carbocycles. The summed E-state index contributed by atoms with van der Waals surface area (Å²) < 4.78 is 10.4. The van der Waals surface area contributed by atoms with Crippen LogP contribution in [0.15, 0.2) is 25.3 Å². The highest BCUT2D eigenvalue weighted by Crippen LogP contribution is 2.67. The molecule has 2 unspecified atom stereocenters. The first-order chi connectivity index (χ1) is 19.3. The first-order valence-corrected chi connectivity index (χ1v) is 15.7. The van der Waals surface area contributed by atoms with Crippen LogP contribution >= 0.6 is 11.8 Å². The van der Waals surface area contributed by atoms with Crippen LogP contribution < -0.4 is 0 Å². The van der Waals surface area contributed by atoms with Crippen LogP contribution in [-0.2, 0) is 23.9 Å². The Hall–Kier alpha value is -1.88. The number of allylic oxidation sites excluding steroid dienone is 1. The fourth-order valence-electron chi connectivity index (χ4n) is 7.06. The lowest BCUT2D eigenvalue weighted by molar-refractivity contribution is -0.154. The summed E-state index contributed by atoms with van der Waals surface area (Å²) in [6, 6.07) is -1.23. The van der Waals surface area contributed by atoms with Gasteiger partial charge in [0.25, 0.3) is 0 Å². The zero-order chi connectivity index (χ0) is 28.9. The molecule has 4 fully saturated rings. The van der Waals surface area contributed by atoms with Crippen LogP contribution in [0, 0.1) is 17.8 Å². The third-order valence-electron chi connectivity index (χ3n) is 8.84. The average molecular weight is 578 g/mol. The van der Waals surface area contributed by atoms with Gasteiger partial charge in [-0.05, 0) is 38.0 Å². The Labute approximate surface area is 243 Å². The van der Waals surface area contributed by atoms with Crippen molar-refractivity contribution in [3.8, 4) is 0 Å². The van der Waals surface area contributed by atoms with Gasteiger partial charge in [-0.1, -0.05) is 26.0 Å². The van der Waals surface area contributed by atoms with E-state index < -0.39 is 28.7 Å². The normalized spacial score (nSPS) is 30.4. The van der Waals surface area contributed by atoms with Crippen molar-refractivity contribution in [1.82, 2.24) is 14.7 Å². The topological polar surface area (TPSA) is 99.6 Å². The first kappa shape index (κ1) is 31.1. The molecule has 224 valence electrons. The number of likely N-dealkylation sites (tertiary alicyclic amines) is 1. The summed E-state index contributed by atoms with van der Waals surface area (Å²) in [7, 11) is 0. The number of unbranched alkanes of at least 4 members (excludes halogenated alkanes) is 1. The van der Waals surface area contributed by atoms with E-state index in [9.17, 15) is 19.5 Å². The molecule has 4 aliphatic rings. The average Bonchev–Trinajstić information content (AvgIpc) is 3.59. The fraction of sp³-hybridized carbons (Fsp3) is 0.767. The standard InChI is InChI=1S/C30H47N3O6S/c1-5-7-8-16-39-29(37)24-23-9-10-30(40-23)25(24)27(35)33(22(20-34)19-21(3)4)26(30)28(36)32(11-6-2)13-12-31-14-17-38-18-15-31/h5-6,21-26,34H,1-2,7-20H2,3-4H3/t22-,23+,24-,25+,26?,30?/m1/s1. The number of fused-ring (bicyclic) bond motifs is 1. The van der Waals surface area contributed by atoms with Gasteiger partial charge in [0.1, 0.15) is 6.04 Å². The van der Waals surface area contributed by atoms with Crippen molar-refractivity contribution in [1.29, 1.82) is 0 Å². The molecule has 10 heteroatoms. The van der Waals surface area contributed by atoms with Crippen molar-refractivity contribution in [3.05, 3.63) is 25.3 Å². The number of morpholine rings is 1. The highest BCUT2D eigenvalue weighted by Gasteiger charge is 2.74. The Morgan fingerprint density at radius 2 is 2.02 bits per heavy atom. The Kier molecular flexibility index (Phi) is 10.8. The van der Waals surface area contributed by atoms with Gasteiger partial charge in [0, 0.05) is 38.0 Å². The predicted octanol–water partition coefficient (Wildman–Crippen LogP) is 2.34. The number of carbonyl (C=O) groups excluding carboxylic acids is 3. The molecule has 0 aromatic rings. The Morgan fingerprint density at radius 3 is 2.67 bits per heavy atom. The molecule has 0 aliphatic carbocycles. The number of nitrogens with zero attached hydrogens (tertiary/aromatic N) is 3. The highest BCUT2D eigenvalue weighted by molar-refractivity contribution is 8.02. The van der Waals surface area contributed by atoms with Gasteiger partial charge in [-0.15, -0.1) is 24.9 Å². The second-order valence-corrected chi connectivity index (χ2v) is 13.5. The van der Waals surface area contributed by atoms with Gasteiger partial charge in [-0.2, -0.15) is 0 Å². The van der Waals surface area contributed by atoms with Crippen molar-refractivity contribution in [2.45, 2.75) is 68.0 Å². The van der Waals surface area contributed by atoms with Crippen LogP contribution in [0.2, 0.25) is 0 Å². The molecule has 1 N–H and O–H groups in total. The minimum Gasteiger partial charge on any atom is -0.465 e. The van der Waals surface area contributed by atoms with Crippen LogP contribution in [0.25, 0.3) is 0 Å². The monoisotopic (exact) mass is 577 g/mol. The van der Waals surface area contributed by atoms with E-state index in [0.717, 1.165) is 25.9 Å². The minimum absolute atomic E-state index is 0.0443. The van der Waals surface area contributed by atoms with E-state index in [4.69, 9.17) is 9.47 Å². The Balaban J connectivity index is 1.64. The largest absolute Gasteiger partial charge is 0.465 e. The van der Waals surface area contributed by atoms with Crippen molar-refractivity contribution >= 4 is 29.5 Å². The van der Waals surface area contributed by atoms with E-state index in [1.165, 1.54) is 0 Å². The molecular weight excluding hydrogens is 530 g/mol. The van der Waals surface area contributed by atoms with Gasteiger partial charge in [-0.3, -0.25) is 19.3 Å². The lowest BCUT2D eigenvalue weighted by atomic mass is 9.71. The minimum atomic E-state index is -0.737. The number of amides is 2. The number of hydrogen-bond donors (Lipinski definition) is 1. The van der Waals surface area contributed by atoms with Crippen LogP contribution in [0.3, 0.4) is 0 Å². The second-order valence-electron chi connectivity index (χ2n) is 11.9. The van der Waals surface area contributed by atoms with Crippen molar-refractivity contribution in [2.24, 2.45) is 17.8 Å². The molecule has 40 heavy (non-hydrogen) atoms.